The highest BCUT2D eigenvalue weighted by Gasteiger charge is 2.46. The second kappa shape index (κ2) is 5.84. The number of fused-ring (bicyclic) bond motifs is 1. The minimum absolute atomic E-state index is 0.00419. The van der Waals surface area contributed by atoms with Crippen molar-refractivity contribution >= 4 is 22.6 Å². The van der Waals surface area contributed by atoms with Gasteiger partial charge in [-0.15, -0.1) is 0 Å². The number of carbonyl (C=O) groups is 1. The van der Waals surface area contributed by atoms with Crippen LogP contribution < -0.4 is 10.6 Å². The van der Waals surface area contributed by atoms with Crippen LogP contribution >= 0.6 is 0 Å². The number of anilines is 1. The van der Waals surface area contributed by atoms with Crippen molar-refractivity contribution in [3.63, 3.8) is 0 Å². The summed E-state index contributed by atoms with van der Waals surface area (Å²) in [7, 11) is 0. The number of nitrogens with zero attached hydrogens (tertiary/aromatic N) is 3. The Morgan fingerprint density at radius 1 is 1.44 bits per heavy atom. The molecule has 0 spiro atoms. The zero-order chi connectivity index (χ0) is 20.3. The highest BCUT2D eigenvalue weighted by molar-refractivity contribution is 5.94. The monoisotopic (exact) mass is 383 g/mol. The lowest BCUT2D eigenvalue weighted by atomic mass is 9.82. The number of nitriles is 1. The van der Waals surface area contributed by atoms with Crippen molar-refractivity contribution in [2.75, 3.05) is 18.0 Å². The van der Waals surface area contributed by atoms with E-state index in [-0.39, 0.29) is 30.0 Å². The van der Waals surface area contributed by atoms with Gasteiger partial charge in [-0.3, -0.25) is 4.79 Å². The molecule has 3 N–H and O–H groups in total. The van der Waals surface area contributed by atoms with E-state index in [9.17, 15) is 27.6 Å². The van der Waals surface area contributed by atoms with Gasteiger partial charge in [0.25, 0.3) is 0 Å². The zero-order valence-corrected chi connectivity index (χ0v) is 14.8. The molecule has 144 valence electrons. The van der Waals surface area contributed by atoms with Crippen LogP contribution in [0.3, 0.4) is 0 Å². The number of hydrogen-bond acceptors (Lipinski definition) is 4. The lowest BCUT2D eigenvalue weighted by Gasteiger charge is -2.24. The van der Waals surface area contributed by atoms with Crippen molar-refractivity contribution in [2.45, 2.75) is 26.9 Å². The van der Waals surface area contributed by atoms with Crippen molar-refractivity contribution in [1.29, 1.82) is 5.26 Å². The molecule has 1 aliphatic rings. The van der Waals surface area contributed by atoms with Crippen LogP contribution in [0.25, 0.3) is 11.0 Å². The highest BCUT2D eigenvalue weighted by atomic mass is 19.4. The fraction of sp³-hybridized carbons (Fsp3) is 0.471. The molecule has 1 aliphatic heterocycles. The standard InChI is InChI=1S/C17H17F4N5O/c1-7-10(18)11-12(24-7)13(8(4-22)14(25-11)17(19,20)21)26-5-9(15(23)27)16(2,3)6-26/h9,24H,5-6H2,1-3H3,(H2,23,27)/t9-/m1/s1. The number of H-pyrrole nitrogens is 1. The Morgan fingerprint density at radius 3 is 2.56 bits per heavy atom. The van der Waals surface area contributed by atoms with E-state index in [2.05, 4.69) is 9.97 Å². The molecule has 1 saturated heterocycles. The number of carbonyl (C=O) groups excluding carboxylic acids is 1. The fourth-order valence-electron chi connectivity index (χ4n) is 3.68. The van der Waals surface area contributed by atoms with E-state index in [1.54, 1.807) is 19.9 Å². The van der Waals surface area contributed by atoms with E-state index in [1.807, 2.05) is 0 Å². The topological polar surface area (TPSA) is 98.8 Å². The molecule has 1 atom stereocenters. The Balaban J connectivity index is 2.34. The molecule has 0 aliphatic carbocycles. The molecule has 1 amide bonds. The number of aromatic nitrogens is 2. The molecular formula is C17H17F4N5O. The van der Waals surface area contributed by atoms with Crippen LogP contribution in [0.15, 0.2) is 0 Å². The first-order valence-electron chi connectivity index (χ1n) is 8.11. The molecule has 0 aromatic carbocycles. The molecular weight excluding hydrogens is 366 g/mol. The van der Waals surface area contributed by atoms with Crippen molar-refractivity contribution < 1.29 is 22.4 Å². The number of alkyl halides is 3. The summed E-state index contributed by atoms with van der Waals surface area (Å²) in [5.41, 5.74) is 2.04. The van der Waals surface area contributed by atoms with Crippen LogP contribution in [-0.4, -0.2) is 29.0 Å². The zero-order valence-electron chi connectivity index (χ0n) is 14.8. The smallest absolute Gasteiger partial charge is 0.369 e. The molecule has 1 fully saturated rings. The van der Waals surface area contributed by atoms with Gasteiger partial charge in [0.05, 0.1) is 22.8 Å². The summed E-state index contributed by atoms with van der Waals surface area (Å²) in [5, 5.41) is 9.45. The number of nitrogens with two attached hydrogens (primary N) is 1. The molecule has 6 nitrogen and oxygen atoms in total. The minimum atomic E-state index is -4.94. The Labute approximate surface area is 152 Å². The lowest BCUT2D eigenvalue weighted by Crippen LogP contribution is -2.34. The van der Waals surface area contributed by atoms with Crippen LogP contribution in [0.4, 0.5) is 23.2 Å². The maximum absolute atomic E-state index is 14.3. The highest BCUT2D eigenvalue weighted by Crippen LogP contribution is 2.44. The van der Waals surface area contributed by atoms with Crippen LogP contribution in [0.1, 0.15) is 30.8 Å². The van der Waals surface area contributed by atoms with Crippen molar-refractivity contribution in [3.8, 4) is 6.07 Å². The van der Waals surface area contributed by atoms with Gasteiger partial charge in [0, 0.05) is 13.1 Å². The number of pyridine rings is 1. The SMILES string of the molecule is Cc1[nH]c2c(N3C[C@H](C(N)=O)C(C)(C)C3)c(C#N)c(C(F)(F)F)nc2c1F. The second-order valence-corrected chi connectivity index (χ2v) is 7.41. The third kappa shape index (κ3) is 2.87. The van der Waals surface area contributed by atoms with Gasteiger partial charge < -0.3 is 15.6 Å². The number of nitrogens with one attached hydrogen (secondary N) is 1. The maximum atomic E-state index is 14.3. The van der Waals surface area contributed by atoms with Crippen LogP contribution in [0.2, 0.25) is 0 Å². The van der Waals surface area contributed by atoms with Crippen LogP contribution in [0, 0.1) is 35.4 Å². The Kier molecular flexibility index (Phi) is 4.10. The van der Waals surface area contributed by atoms with E-state index in [0.717, 1.165) is 0 Å². The molecule has 0 bridgehead atoms. The quantitative estimate of drug-likeness (QED) is 0.779. The number of aromatic amines is 1. The van der Waals surface area contributed by atoms with Gasteiger partial charge >= 0.3 is 6.18 Å². The van der Waals surface area contributed by atoms with E-state index in [0.29, 0.717) is 0 Å². The molecule has 2 aromatic heterocycles. The third-order valence-corrected chi connectivity index (χ3v) is 5.01. The Bertz CT molecular complexity index is 986. The molecule has 0 saturated carbocycles. The summed E-state index contributed by atoms with van der Waals surface area (Å²) in [6.07, 6.45) is -4.94. The van der Waals surface area contributed by atoms with Crippen LogP contribution in [0.5, 0.6) is 0 Å². The summed E-state index contributed by atoms with van der Waals surface area (Å²) >= 11 is 0. The Hall–Kier alpha value is -2.83. The summed E-state index contributed by atoms with van der Waals surface area (Å²) < 4.78 is 54.8. The largest absolute Gasteiger partial charge is 0.434 e. The molecule has 2 aromatic rings. The maximum Gasteiger partial charge on any atom is 0.434 e. The molecule has 27 heavy (non-hydrogen) atoms. The van der Waals surface area contributed by atoms with Gasteiger partial charge in [0.2, 0.25) is 5.91 Å². The van der Waals surface area contributed by atoms with Crippen molar-refractivity contribution in [3.05, 3.63) is 22.8 Å². The van der Waals surface area contributed by atoms with Gasteiger partial charge in [0.1, 0.15) is 17.1 Å². The van der Waals surface area contributed by atoms with Gasteiger partial charge in [0.15, 0.2) is 11.5 Å². The van der Waals surface area contributed by atoms with Crippen molar-refractivity contribution in [2.24, 2.45) is 17.1 Å². The molecule has 3 heterocycles. The van der Waals surface area contributed by atoms with Gasteiger partial charge in [-0.05, 0) is 12.3 Å². The summed E-state index contributed by atoms with van der Waals surface area (Å²) in [6.45, 7) is 5.08. The first kappa shape index (κ1) is 18.9. The minimum Gasteiger partial charge on any atom is -0.369 e. The number of hydrogen-bond donors (Lipinski definition) is 2. The average Bonchev–Trinajstić information content (AvgIpc) is 3.01. The molecule has 10 heteroatoms. The van der Waals surface area contributed by atoms with Gasteiger partial charge in [-0.25, -0.2) is 9.37 Å². The normalized spacial score (nSPS) is 19.5. The first-order valence-corrected chi connectivity index (χ1v) is 8.11. The van der Waals surface area contributed by atoms with Gasteiger partial charge in [-0.2, -0.15) is 18.4 Å². The predicted molar refractivity (Wildman–Crippen MR) is 89.2 cm³/mol. The summed E-state index contributed by atoms with van der Waals surface area (Å²) in [5.74, 6) is -2.13. The average molecular weight is 383 g/mol. The first-order chi connectivity index (χ1) is 12.4. The van der Waals surface area contributed by atoms with Crippen LogP contribution in [-0.2, 0) is 11.0 Å². The second-order valence-electron chi connectivity index (χ2n) is 7.41. The predicted octanol–water partition coefficient (Wildman–Crippen LogP) is 2.85. The Morgan fingerprint density at radius 2 is 2.07 bits per heavy atom. The van der Waals surface area contributed by atoms with E-state index < -0.39 is 46.0 Å². The molecule has 0 unspecified atom stereocenters. The van der Waals surface area contributed by atoms with Crippen molar-refractivity contribution in [1.82, 2.24) is 9.97 Å². The number of rotatable bonds is 2. The van der Waals surface area contributed by atoms with Gasteiger partial charge in [-0.1, -0.05) is 13.8 Å². The van der Waals surface area contributed by atoms with E-state index >= 15 is 0 Å². The number of halogens is 4. The van der Waals surface area contributed by atoms with E-state index in [1.165, 1.54) is 11.8 Å². The number of primary amides is 1. The fourth-order valence-corrected chi connectivity index (χ4v) is 3.68. The summed E-state index contributed by atoms with van der Waals surface area (Å²) in [6, 6.07) is 1.56. The summed E-state index contributed by atoms with van der Waals surface area (Å²) in [4.78, 5) is 19.3. The molecule has 0 radical (unpaired) electrons. The number of aryl methyl sites for hydroxylation is 1. The molecule has 3 rings (SSSR count). The third-order valence-electron chi connectivity index (χ3n) is 5.01. The van der Waals surface area contributed by atoms with E-state index in [4.69, 9.17) is 5.73 Å². The lowest BCUT2D eigenvalue weighted by molar-refractivity contribution is -0.141. The number of amides is 1.